The van der Waals surface area contributed by atoms with Crippen molar-refractivity contribution in [2.24, 2.45) is 5.92 Å². The van der Waals surface area contributed by atoms with E-state index in [4.69, 9.17) is 28.1 Å². The highest BCUT2D eigenvalue weighted by Gasteiger charge is 2.48. The van der Waals surface area contributed by atoms with Crippen LogP contribution in [0.25, 0.3) is 92.2 Å². The summed E-state index contributed by atoms with van der Waals surface area (Å²) in [6.07, 6.45) is 17.4. The second-order valence-electron chi connectivity index (χ2n) is 26.4. The lowest BCUT2D eigenvalue weighted by molar-refractivity contribution is -0.120. The van der Waals surface area contributed by atoms with E-state index in [2.05, 4.69) is 67.4 Å². The highest BCUT2D eigenvalue weighted by molar-refractivity contribution is 7.10. The number of nitrogens with one attached hydrogen (secondary N) is 9. The SMILES string of the molecule is CNC1(C(=O)Nc2cc3c(/C=C/c4ccc(F)c(OC)c4)n[nH]c3cc2F)CC1.COc1cc(/C=C/c2n[nH]c3cc(F)c(NC(=O)C4CCOC4)cc23)ccc1F.COc1cc(/C=C/c2n[nH]c3cc(F)c(NC(=O)Cc4cccs4)cc23)ccc1F.COc1cc(/C=C/c2n[nH]c3cc(F)c(NC(=O)c4ccco4)cc23)ccc1F. The number of fused-ring (bicyclic) bond motifs is 4. The number of H-pyrrole nitrogens is 4. The number of carbonyl (C=O) groups is 4. The van der Waals surface area contributed by atoms with Crippen LogP contribution < -0.4 is 45.5 Å². The summed E-state index contributed by atoms with van der Waals surface area (Å²) < 4.78 is 142. The number of hydrogen-bond acceptors (Lipinski definition) is 16. The van der Waals surface area contributed by atoms with Crippen LogP contribution in [-0.2, 0) is 25.5 Å². The van der Waals surface area contributed by atoms with Crippen molar-refractivity contribution in [1.29, 1.82) is 0 Å². The minimum absolute atomic E-state index is 0.00148. The maximum atomic E-state index is 14.4. The fraction of sp³-hybridized carbons (Fsp3) is 0.153. The van der Waals surface area contributed by atoms with E-state index in [-0.39, 0.29) is 81.6 Å². The number of amides is 4. The zero-order valence-corrected chi connectivity index (χ0v) is 63.6. The second-order valence-corrected chi connectivity index (χ2v) is 27.5. The third-order valence-electron chi connectivity index (χ3n) is 18.8. The molecule has 6 aromatic heterocycles. The Bertz CT molecular complexity index is 6130. The Kier molecular flexibility index (Phi) is 25.2. The van der Waals surface area contributed by atoms with Gasteiger partial charge in [0.15, 0.2) is 52.0 Å². The van der Waals surface area contributed by atoms with Gasteiger partial charge < -0.3 is 54.7 Å². The maximum Gasteiger partial charge on any atom is 0.291 e. The first-order valence-electron chi connectivity index (χ1n) is 35.9. The van der Waals surface area contributed by atoms with E-state index in [0.717, 1.165) is 34.4 Å². The van der Waals surface area contributed by atoms with Crippen LogP contribution in [0.2, 0.25) is 0 Å². The van der Waals surface area contributed by atoms with Crippen molar-refractivity contribution >= 4 is 150 Å². The molecule has 1 saturated heterocycles. The van der Waals surface area contributed by atoms with E-state index in [1.807, 2.05) is 17.5 Å². The predicted octanol–water partition coefficient (Wildman–Crippen LogP) is 17.8. The average Bonchev–Trinajstić information content (AvgIpc) is 1.64. The van der Waals surface area contributed by atoms with Crippen molar-refractivity contribution in [3.05, 3.63) is 259 Å². The molecule has 2 fully saturated rings. The Labute approximate surface area is 664 Å². The van der Waals surface area contributed by atoms with Crippen molar-refractivity contribution in [2.75, 3.05) is 70.0 Å². The molecule has 1 aliphatic heterocycles. The molecule has 7 heterocycles. The first kappa shape index (κ1) is 81.0. The highest BCUT2D eigenvalue weighted by atomic mass is 32.1. The number of thiophene rings is 1. The van der Waals surface area contributed by atoms with Gasteiger partial charge in [0.2, 0.25) is 17.7 Å². The van der Waals surface area contributed by atoms with Crippen LogP contribution in [0.3, 0.4) is 0 Å². The summed E-state index contributed by atoms with van der Waals surface area (Å²) in [6, 6.07) is 36.0. The number of aromatic amines is 4. The number of benzene rings is 8. The lowest BCUT2D eigenvalue weighted by Crippen LogP contribution is -2.40. The van der Waals surface area contributed by atoms with E-state index in [1.165, 1.54) is 107 Å². The van der Waals surface area contributed by atoms with Gasteiger partial charge >= 0.3 is 0 Å². The molecule has 598 valence electrons. The molecule has 0 radical (unpaired) electrons. The Morgan fingerprint density at radius 2 is 0.855 bits per heavy atom. The minimum atomic E-state index is -0.611. The zero-order valence-electron chi connectivity index (χ0n) is 62.8. The molecule has 2 aliphatic rings. The molecule has 1 unspecified atom stereocenters. The van der Waals surface area contributed by atoms with Gasteiger partial charge in [-0.25, -0.2) is 35.1 Å². The molecule has 9 N–H and O–H groups in total. The molecule has 0 bridgehead atoms. The number of methoxy groups -OCH3 is 4. The summed E-state index contributed by atoms with van der Waals surface area (Å²) in [5.41, 5.74) is 6.71. The van der Waals surface area contributed by atoms with Crippen molar-refractivity contribution in [3.8, 4) is 23.0 Å². The molecule has 1 aliphatic carbocycles. The molecular weight excluding hydrogens is 1550 g/mol. The number of likely N-dealkylation sites (N-methyl/N-ethyl adjacent to an activating group) is 1. The van der Waals surface area contributed by atoms with Crippen LogP contribution in [0.5, 0.6) is 23.0 Å². The molecule has 32 heteroatoms. The molecule has 1 saturated carbocycles. The standard InChI is InChI=1S/C22H17F2N3O2S.C21H20F2N4O2.C21H19F2N3O3.C21H15F2N3O3/c1-29-21-9-13(4-6-16(21)23)5-7-18-15-11-20(17(24)12-19(15)27-26-18)25-22(28)10-14-3-2-8-30-14;1-24-21(7-8-21)20(28)25-18-10-13-16(26-27-17(13)11-15(18)23)6-4-12-3-5-14(22)19(9-12)29-2;1-28-20-8-12(2-4-15(20)22)3-5-17-14-9-19(16(23)10-18(14)26-25-17)24-21(27)13-6-7-29-11-13;1-28-20-9-12(4-6-14(20)22)5-7-16-13-10-18(15(23)11-17(13)26-25-16)24-21(27)19-3-2-8-29-19/h2-9,11-12H,10H2,1H3,(H,25,28)(H,26,27);3-6,9-11,24H,7-8H2,1-2H3,(H,25,28)(H,26,27);2-5,8-10,13H,6-7,11H2,1H3,(H,24,27)(H,25,26);2-11H,1H3,(H,24,27)(H,25,26)/b7-5+;6-4+;5-3+;7-5+. The minimum Gasteiger partial charge on any atom is -0.494 e. The Hall–Kier alpha value is -14.0. The Morgan fingerprint density at radius 3 is 1.19 bits per heavy atom. The zero-order chi connectivity index (χ0) is 82.4. The van der Waals surface area contributed by atoms with E-state index >= 15 is 0 Å². The van der Waals surface area contributed by atoms with Crippen molar-refractivity contribution in [3.63, 3.8) is 0 Å². The fourth-order valence-electron chi connectivity index (χ4n) is 12.2. The van der Waals surface area contributed by atoms with Gasteiger partial charge in [-0.15, -0.1) is 11.3 Å². The van der Waals surface area contributed by atoms with Gasteiger partial charge in [0.05, 0.1) is 127 Å². The van der Waals surface area contributed by atoms with E-state index in [9.17, 15) is 54.3 Å². The van der Waals surface area contributed by atoms with Gasteiger partial charge in [-0.3, -0.25) is 39.6 Å². The third-order valence-corrected chi connectivity index (χ3v) is 19.7. The first-order chi connectivity index (χ1) is 56.6. The summed E-state index contributed by atoms with van der Waals surface area (Å²) in [5, 5.41) is 45.7. The lowest BCUT2D eigenvalue weighted by atomic mass is 10.1. The normalized spacial score (nSPS) is 13.5. The summed E-state index contributed by atoms with van der Waals surface area (Å²) in [5.74, 6) is -5.07. The van der Waals surface area contributed by atoms with Gasteiger partial charge in [-0.1, -0.05) is 54.6 Å². The molecule has 4 amide bonds. The van der Waals surface area contributed by atoms with Gasteiger partial charge in [-0.2, -0.15) is 20.4 Å². The molecule has 16 rings (SSSR count). The lowest BCUT2D eigenvalue weighted by Gasteiger charge is -2.14. The summed E-state index contributed by atoms with van der Waals surface area (Å²) in [6.45, 7) is 0.876. The molecule has 8 aromatic carbocycles. The Morgan fingerprint density at radius 1 is 0.470 bits per heavy atom. The predicted molar refractivity (Wildman–Crippen MR) is 432 cm³/mol. The van der Waals surface area contributed by atoms with Crippen LogP contribution in [0, 0.1) is 52.5 Å². The van der Waals surface area contributed by atoms with Crippen LogP contribution in [-0.4, -0.2) is 119 Å². The summed E-state index contributed by atoms with van der Waals surface area (Å²) in [4.78, 5) is 50.0. The third kappa shape index (κ3) is 19.5. The number of furan rings is 1. The number of aromatic nitrogens is 8. The summed E-state index contributed by atoms with van der Waals surface area (Å²) >= 11 is 1.47. The molecular formula is C85H71F8N13O10S. The van der Waals surface area contributed by atoms with Crippen LogP contribution in [0.4, 0.5) is 57.9 Å². The van der Waals surface area contributed by atoms with Gasteiger partial charge in [0.25, 0.3) is 5.91 Å². The fourth-order valence-corrected chi connectivity index (χ4v) is 12.9. The van der Waals surface area contributed by atoms with E-state index in [0.29, 0.717) is 91.6 Å². The van der Waals surface area contributed by atoms with Crippen molar-refractivity contribution in [1.82, 2.24) is 46.1 Å². The highest BCUT2D eigenvalue weighted by Crippen LogP contribution is 2.38. The monoisotopic (exact) mass is 1620 g/mol. The van der Waals surface area contributed by atoms with Gasteiger partial charge in [0.1, 0.15) is 23.3 Å². The number of ether oxygens (including phenoxy) is 5. The molecule has 0 spiro atoms. The number of nitrogens with zero attached hydrogens (tertiary/aromatic N) is 4. The van der Waals surface area contributed by atoms with Crippen LogP contribution >= 0.6 is 11.3 Å². The molecule has 117 heavy (non-hydrogen) atoms. The molecule has 23 nitrogen and oxygen atoms in total. The largest absolute Gasteiger partial charge is 0.494 e. The van der Waals surface area contributed by atoms with Crippen LogP contribution in [0.15, 0.2) is 162 Å². The smallest absolute Gasteiger partial charge is 0.291 e. The maximum absolute atomic E-state index is 14.4. The van der Waals surface area contributed by atoms with E-state index in [1.54, 1.807) is 128 Å². The topological polar surface area (TPSA) is 302 Å². The van der Waals surface area contributed by atoms with Gasteiger partial charge in [0, 0.05) is 57.3 Å². The number of rotatable bonds is 22. The number of anilines is 4. The average molecular weight is 1620 g/mol. The number of hydrogen-bond donors (Lipinski definition) is 9. The van der Waals surface area contributed by atoms with E-state index < -0.39 is 58.0 Å². The van der Waals surface area contributed by atoms with Crippen molar-refractivity contribution < 1.29 is 82.4 Å². The number of halogens is 8. The first-order valence-corrected chi connectivity index (χ1v) is 36.8. The van der Waals surface area contributed by atoms with Crippen molar-refractivity contribution in [2.45, 2.75) is 31.2 Å². The van der Waals surface area contributed by atoms with Crippen LogP contribution in [0.1, 0.15) is 79.7 Å². The molecule has 14 aromatic rings. The quantitative estimate of drug-likeness (QED) is 0.0285. The number of carbonyl (C=O) groups excluding carboxylic acids is 4. The second kappa shape index (κ2) is 36.4. The van der Waals surface area contributed by atoms with Gasteiger partial charge in [-0.05, 0) is 169 Å². The summed E-state index contributed by atoms with van der Waals surface area (Å²) in [7, 11) is 7.30. The Balaban J connectivity index is 0.000000135. The molecule has 1 atom stereocenters.